The molecule has 60 valence electrons. The van der Waals surface area contributed by atoms with E-state index in [0.29, 0.717) is 0 Å². The summed E-state index contributed by atoms with van der Waals surface area (Å²) < 4.78 is 1.00. The summed E-state index contributed by atoms with van der Waals surface area (Å²) in [5.74, 6) is 0. The molecule has 11 heavy (non-hydrogen) atoms. The number of rotatable bonds is 0. The van der Waals surface area contributed by atoms with Gasteiger partial charge in [-0.1, -0.05) is 20.8 Å². The van der Waals surface area contributed by atoms with E-state index in [0.717, 1.165) is 9.39 Å². The molecule has 1 aromatic heterocycles. The fourth-order valence-corrected chi connectivity index (χ4v) is 1.16. The van der Waals surface area contributed by atoms with Crippen LogP contribution in [0, 0.1) is 3.70 Å². The van der Waals surface area contributed by atoms with Crippen LogP contribution in [-0.4, -0.2) is 9.97 Å². The quantitative estimate of drug-likeness (QED) is 0.530. The van der Waals surface area contributed by atoms with E-state index < -0.39 is 0 Å². The summed E-state index contributed by atoms with van der Waals surface area (Å²) in [6.07, 6.45) is 1.61. The van der Waals surface area contributed by atoms with Crippen molar-refractivity contribution in [2.75, 3.05) is 0 Å². The molecule has 0 aliphatic carbocycles. The minimum absolute atomic E-state index is 0.128. The zero-order chi connectivity index (χ0) is 8.48. The van der Waals surface area contributed by atoms with Crippen molar-refractivity contribution in [3.8, 4) is 0 Å². The van der Waals surface area contributed by atoms with Crippen LogP contribution < -0.4 is 0 Å². The minimum Gasteiger partial charge on any atom is -0.241 e. The monoisotopic (exact) mass is 262 g/mol. The lowest BCUT2D eigenvalue weighted by molar-refractivity contribution is 0.566. The standard InChI is InChI=1S/C8H11IN2/c1-8(2,3)6-4-7(9)11-5-10-6/h4-5H,1-3H3. The highest BCUT2D eigenvalue weighted by molar-refractivity contribution is 14.1. The molecule has 0 unspecified atom stereocenters. The van der Waals surface area contributed by atoms with Crippen molar-refractivity contribution in [2.24, 2.45) is 0 Å². The van der Waals surface area contributed by atoms with Gasteiger partial charge in [0.1, 0.15) is 10.0 Å². The molecule has 1 heterocycles. The third-order valence-corrected chi connectivity index (χ3v) is 1.99. The van der Waals surface area contributed by atoms with Crippen LogP contribution in [0.15, 0.2) is 12.4 Å². The molecule has 0 saturated heterocycles. The molecule has 1 aromatic rings. The lowest BCUT2D eigenvalue weighted by Gasteiger charge is -2.16. The minimum atomic E-state index is 0.128. The zero-order valence-corrected chi connectivity index (χ0v) is 9.08. The van der Waals surface area contributed by atoms with Crippen molar-refractivity contribution in [3.63, 3.8) is 0 Å². The topological polar surface area (TPSA) is 25.8 Å². The van der Waals surface area contributed by atoms with E-state index in [1.807, 2.05) is 6.07 Å². The molecule has 3 heteroatoms. The van der Waals surface area contributed by atoms with Crippen LogP contribution in [0.2, 0.25) is 0 Å². The van der Waals surface area contributed by atoms with Crippen molar-refractivity contribution < 1.29 is 0 Å². The molecule has 0 aliphatic heterocycles. The van der Waals surface area contributed by atoms with E-state index >= 15 is 0 Å². The molecule has 0 fully saturated rings. The molecule has 2 nitrogen and oxygen atoms in total. The number of aromatic nitrogens is 2. The first-order valence-electron chi connectivity index (χ1n) is 3.48. The SMILES string of the molecule is CC(C)(C)c1cc(I)ncn1. The maximum Gasteiger partial charge on any atom is 0.116 e. The van der Waals surface area contributed by atoms with Crippen molar-refractivity contribution in [2.45, 2.75) is 26.2 Å². The second-order valence-electron chi connectivity index (χ2n) is 3.48. The van der Waals surface area contributed by atoms with Gasteiger partial charge in [-0.3, -0.25) is 0 Å². The van der Waals surface area contributed by atoms with Crippen LogP contribution in [0.4, 0.5) is 0 Å². The molecule has 0 radical (unpaired) electrons. The maximum absolute atomic E-state index is 4.19. The van der Waals surface area contributed by atoms with Gasteiger partial charge in [-0.15, -0.1) is 0 Å². The van der Waals surface area contributed by atoms with Gasteiger partial charge in [-0.05, 0) is 28.7 Å². The van der Waals surface area contributed by atoms with Crippen LogP contribution in [0.25, 0.3) is 0 Å². The maximum atomic E-state index is 4.19. The van der Waals surface area contributed by atoms with Crippen LogP contribution in [0.5, 0.6) is 0 Å². The fourth-order valence-electron chi connectivity index (χ4n) is 0.744. The Bertz CT molecular complexity index is 253. The van der Waals surface area contributed by atoms with Crippen molar-refractivity contribution in [1.29, 1.82) is 0 Å². The Morgan fingerprint density at radius 2 is 1.91 bits per heavy atom. The van der Waals surface area contributed by atoms with Gasteiger partial charge >= 0.3 is 0 Å². The molecule has 0 atom stereocenters. The lowest BCUT2D eigenvalue weighted by atomic mass is 9.92. The Balaban J connectivity index is 3.06. The van der Waals surface area contributed by atoms with Crippen LogP contribution in [0.1, 0.15) is 26.5 Å². The third kappa shape index (κ3) is 2.39. The third-order valence-electron chi connectivity index (χ3n) is 1.40. The smallest absolute Gasteiger partial charge is 0.116 e. The molecule has 0 saturated carbocycles. The van der Waals surface area contributed by atoms with Crippen molar-refractivity contribution in [1.82, 2.24) is 9.97 Å². The first-order valence-corrected chi connectivity index (χ1v) is 4.56. The summed E-state index contributed by atoms with van der Waals surface area (Å²) in [6.45, 7) is 6.43. The number of halogens is 1. The fraction of sp³-hybridized carbons (Fsp3) is 0.500. The Morgan fingerprint density at radius 1 is 1.27 bits per heavy atom. The Kier molecular flexibility index (Phi) is 2.47. The van der Waals surface area contributed by atoms with Gasteiger partial charge in [-0.2, -0.15) is 0 Å². The highest BCUT2D eigenvalue weighted by Gasteiger charge is 2.14. The molecular weight excluding hydrogens is 251 g/mol. The molecule has 1 rings (SSSR count). The van der Waals surface area contributed by atoms with E-state index in [2.05, 4.69) is 53.3 Å². The van der Waals surface area contributed by atoms with E-state index in [-0.39, 0.29) is 5.41 Å². The second kappa shape index (κ2) is 3.05. The first-order chi connectivity index (χ1) is 5.00. The average Bonchev–Trinajstić information content (AvgIpc) is 1.86. The lowest BCUT2D eigenvalue weighted by Crippen LogP contribution is -2.13. The van der Waals surface area contributed by atoms with E-state index in [9.17, 15) is 0 Å². The van der Waals surface area contributed by atoms with E-state index in [4.69, 9.17) is 0 Å². The molecule has 0 amide bonds. The number of nitrogens with zero attached hydrogens (tertiary/aromatic N) is 2. The van der Waals surface area contributed by atoms with Crippen LogP contribution in [-0.2, 0) is 5.41 Å². The molecular formula is C8H11IN2. The van der Waals surface area contributed by atoms with Gasteiger partial charge in [0, 0.05) is 5.41 Å². The highest BCUT2D eigenvalue weighted by Crippen LogP contribution is 2.19. The van der Waals surface area contributed by atoms with Gasteiger partial charge in [0.25, 0.3) is 0 Å². The summed E-state index contributed by atoms with van der Waals surface area (Å²) in [7, 11) is 0. The number of hydrogen-bond donors (Lipinski definition) is 0. The summed E-state index contributed by atoms with van der Waals surface area (Å²) in [4.78, 5) is 8.22. The van der Waals surface area contributed by atoms with Crippen LogP contribution in [0.3, 0.4) is 0 Å². The Hall–Kier alpha value is -0.190. The summed E-state index contributed by atoms with van der Waals surface area (Å²) >= 11 is 2.19. The van der Waals surface area contributed by atoms with Gasteiger partial charge in [0.2, 0.25) is 0 Å². The summed E-state index contributed by atoms with van der Waals surface area (Å²) in [5.41, 5.74) is 1.22. The number of hydrogen-bond acceptors (Lipinski definition) is 2. The zero-order valence-electron chi connectivity index (χ0n) is 6.93. The Morgan fingerprint density at radius 3 is 2.27 bits per heavy atom. The molecule has 0 spiro atoms. The van der Waals surface area contributed by atoms with E-state index in [1.165, 1.54) is 0 Å². The van der Waals surface area contributed by atoms with Gasteiger partial charge in [-0.25, -0.2) is 9.97 Å². The summed E-state index contributed by atoms with van der Waals surface area (Å²) in [6, 6.07) is 2.01. The van der Waals surface area contributed by atoms with Crippen LogP contribution >= 0.6 is 22.6 Å². The molecule has 0 bridgehead atoms. The molecule has 0 N–H and O–H groups in total. The second-order valence-corrected chi connectivity index (χ2v) is 4.58. The van der Waals surface area contributed by atoms with Crippen molar-refractivity contribution in [3.05, 3.63) is 21.8 Å². The predicted molar refractivity (Wildman–Crippen MR) is 53.4 cm³/mol. The van der Waals surface area contributed by atoms with Gasteiger partial charge < -0.3 is 0 Å². The molecule has 0 aromatic carbocycles. The van der Waals surface area contributed by atoms with E-state index in [1.54, 1.807) is 6.33 Å². The van der Waals surface area contributed by atoms with Crippen molar-refractivity contribution >= 4 is 22.6 Å². The first kappa shape index (κ1) is 8.90. The molecule has 0 aliphatic rings. The van der Waals surface area contributed by atoms with Gasteiger partial charge in [0.05, 0.1) is 5.69 Å². The predicted octanol–water partition coefficient (Wildman–Crippen LogP) is 2.38. The normalized spacial score (nSPS) is 11.6. The Labute approximate surface area is 80.6 Å². The summed E-state index contributed by atoms with van der Waals surface area (Å²) in [5, 5.41) is 0. The largest absolute Gasteiger partial charge is 0.241 e. The van der Waals surface area contributed by atoms with Gasteiger partial charge in [0.15, 0.2) is 0 Å². The average molecular weight is 262 g/mol. The highest BCUT2D eigenvalue weighted by atomic mass is 127.